The maximum Gasteiger partial charge on any atom is 0.514 e. The minimum absolute atomic E-state index is 0.0704. The van der Waals surface area contributed by atoms with E-state index in [1.165, 1.54) is 62.4 Å². The Morgan fingerprint density at radius 1 is 0.744 bits per heavy atom. The van der Waals surface area contributed by atoms with E-state index in [1.807, 2.05) is 0 Å². The molecule has 14 heteroatoms. The van der Waals surface area contributed by atoms with Gasteiger partial charge in [0.1, 0.15) is 31.3 Å². The van der Waals surface area contributed by atoms with Gasteiger partial charge in [-0.25, -0.2) is 4.79 Å². The maximum absolute atomic E-state index is 12.1. The molecule has 0 radical (unpaired) electrons. The number of nitrogens with zero attached hydrogens (tertiary/aromatic N) is 1. The first-order chi connectivity index (χ1) is 18.5. The zero-order valence-electron chi connectivity index (χ0n) is 21.0. The Morgan fingerprint density at radius 2 is 1.26 bits per heavy atom. The topological polar surface area (TPSA) is 184 Å². The highest BCUT2D eigenvalue weighted by molar-refractivity contribution is 5.79. The molecule has 0 fully saturated rings. The van der Waals surface area contributed by atoms with Crippen LogP contribution >= 0.6 is 0 Å². The number of carbonyl (C=O) groups is 5. The summed E-state index contributed by atoms with van der Waals surface area (Å²) in [7, 11) is 0. The predicted octanol–water partition coefficient (Wildman–Crippen LogP) is 3.03. The Labute approximate surface area is 221 Å². The molecule has 2 aromatic carbocycles. The summed E-state index contributed by atoms with van der Waals surface area (Å²) in [6.45, 7) is 1.54. The van der Waals surface area contributed by atoms with Crippen LogP contribution in [0.4, 0.5) is 10.5 Å². The number of carbonyl (C=O) groups excluding carboxylic acids is 5. The predicted molar refractivity (Wildman–Crippen MR) is 128 cm³/mol. The van der Waals surface area contributed by atoms with Crippen LogP contribution < -0.4 is 9.47 Å². The molecule has 0 aliphatic rings. The molecule has 0 heterocycles. The third-order valence-corrected chi connectivity index (χ3v) is 4.54. The highest BCUT2D eigenvalue weighted by Gasteiger charge is 2.19. The van der Waals surface area contributed by atoms with Gasteiger partial charge in [-0.15, -0.1) is 0 Å². The number of ether oxygens (including phenoxy) is 6. The molecule has 0 spiro atoms. The number of non-ortho nitro benzene ring substituents is 1. The zero-order chi connectivity index (χ0) is 28.8. The molecule has 2 rings (SSSR count). The van der Waals surface area contributed by atoms with E-state index in [0.717, 1.165) is 0 Å². The largest absolute Gasteiger partial charge is 0.514 e. The Balaban J connectivity index is 1.74. The molecule has 2 aromatic rings. The Morgan fingerprint density at radius 3 is 1.79 bits per heavy atom. The Hall–Kier alpha value is -5.01. The van der Waals surface area contributed by atoms with Crippen molar-refractivity contribution in [3.05, 3.63) is 64.2 Å². The molecule has 208 valence electrons. The van der Waals surface area contributed by atoms with Gasteiger partial charge >= 0.3 is 30.0 Å². The molecule has 14 nitrogen and oxygen atoms in total. The first-order valence-corrected chi connectivity index (χ1v) is 11.4. The number of benzene rings is 2. The first kappa shape index (κ1) is 30.2. The molecule has 0 aliphatic carbocycles. The van der Waals surface area contributed by atoms with Crippen molar-refractivity contribution in [3.8, 4) is 11.5 Å². The van der Waals surface area contributed by atoms with Gasteiger partial charge in [-0.2, -0.15) is 0 Å². The van der Waals surface area contributed by atoms with E-state index in [2.05, 4.69) is 0 Å². The maximum atomic E-state index is 12.1. The van der Waals surface area contributed by atoms with E-state index in [4.69, 9.17) is 28.4 Å². The molecule has 39 heavy (non-hydrogen) atoms. The lowest BCUT2D eigenvalue weighted by atomic mass is 10.2. The van der Waals surface area contributed by atoms with E-state index in [9.17, 15) is 34.1 Å². The summed E-state index contributed by atoms with van der Waals surface area (Å²) in [6.07, 6.45) is -2.69. The lowest BCUT2D eigenvalue weighted by Gasteiger charge is -2.17. The molecule has 0 unspecified atom stereocenters. The minimum Gasteiger partial charge on any atom is -0.462 e. The standard InChI is InChI=1S/C25H25NO13/c1-16(27)34-14-22(15-35-17(2)28)38-24(30)12-11-23(29)37-20-7-3-18(4-8-20)13-36-25(31)39-21-9-5-19(6-10-21)26(32)33/h3-10,22H,11-15H2,1-2H3. The monoisotopic (exact) mass is 547 g/mol. The second-order valence-corrected chi connectivity index (χ2v) is 7.73. The molecule has 0 aromatic heterocycles. The summed E-state index contributed by atoms with van der Waals surface area (Å²) < 4.78 is 29.7. The SMILES string of the molecule is CC(=O)OCC(COC(C)=O)OC(=O)CCC(=O)Oc1ccc(COC(=O)Oc2ccc([N+](=O)[O-])cc2)cc1. The van der Waals surface area contributed by atoms with Gasteiger partial charge in [0.05, 0.1) is 17.8 Å². The van der Waals surface area contributed by atoms with Crippen LogP contribution in [-0.4, -0.2) is 54.3 Å². The molecule has 0 atom stereocenters. The molecule has 0 N–H and O–H groups in total. The van der Waals surface area contributed by atoms with Crippen molar-refractivity contribution in [3.63, 3.8) is 0 Å². The van der Waals surface area contributed by atoms with Gasteiger partial charge in [-0.1, -0.05) is 12.1 Å². The summed E-state index contributed by atoms with van der Waals surface area (Å²) in [5.74, 6) is -2.48. The number of hydrogen-bond acceptors (Lipinski definition) is 13. The summed E-state index contributed by atoms with van der Waals surface area (Å²) >= 11 is 0. The lowest BCUT2D eigenvalue weighted by Crippen LogP contribution is -2.30. The zero-order valence-corrected chi connectivity index (χ0v) is 21.0. The van der Waals surface area contributed by atoms with Gasteiger partial charge in [0.2, 0.25) is 0 Å². The van der Waals surface area contributed by atoms with E-state index < -0.39 is 41.1 Å². The normalized spacial score (nSPS) is 10.2. The van der Waals surface area contributed by atoms with Crippen molar-refractivity contribution in [2.45, 2.75) is 39.4 Å². The number of hydrogen-bond donors (Lipinski definition) is 0. The fourth-order valence-corrected chi connectivity index (χ4v) is 2.73. The third-order valence-electron chi connectivity index (χ3n) is 4.54. The average Bonchev–Trinajstić information content (AvgIpc) is 2.88. The van der Waals surface area contributed by atoms with Crippen LogP contribution in [0.3, 0.4) is 0 Å². The lowest BCUT2D eigenvalue weighted by molar-refractivity contribution is -0.384. The smallest absolute Gasteiger partial charge is 0.462 e. The van der Waals surface area contributed by atoms with Crippen molar-refractivity contribution < 1.29 is 57.3 Å². The molecule has 0 amide bonds. The highest BCUT2D eigenvalue weighted by Crippen LogP contribution is 2.18. The number of esters is 4. The third kappa shape index (κ3) is 12.2. The summed E-state index contributed by atoms with van der Waals surface area (Å²) in [6, 6.07) is 10.8. The molecule has 0 bridgehead atoms. The van der Waals surface area contributed by atoms with Crippen molar-refractivity contribution in [2.75, 3.05) is 13.2 Å². The molecular weight excluding hydrogens is 522 g/mol. The van der Waals surface area contributed by atoms with E-state index in [-0.39, 0.29) is 49.8 Å². The highest BCUT2D eigenvalue weighted by atomic mass is 16.7. The Bertz CT molecular complexity index is 1160. The minimum atomic E-state index is -1.03. The van der Waals surface area contributed by atoms with Crippen LogP contribution in [0.5, 0.6) is 11.5 Å². The van der Waals surface area contributed by atoms with E-state index in [1.54, 1.807) is 0 Å². The van der Waals surface area contributed by atoms with E-state index in [0.29, 0.717) is 5.56 Å². The molecule has 0 saturated carbocycles. The summed E-state index contributed by atoms with van der Waals surface area (Å²) in [4.78, 5) is 67.9. The molecule has 0 saturated heterocycles. The average molecular weight is 547 g/mol. The van der Waals surface area contributed by atoms with Crippen LogP contribution in [0.1, 0.15) is 32.3 Å². The summed E-state index contributed by atoms with van der Waals surface area (Å²) in [5.41, 5.74) is 0.392. The van der Waals surface area contributed by atoms with Crippen LogP contribution in [0.25, 0.3) is 0 Å². The fraction of sp³-hybridized carbons (Fsp3) is 0.320. The van der Waals surface area contributed by atoms with Crippen molar-refractivity contribution in [2.24, 2.45) is 0 Å². The van der Waals surface area contributed by atoms with Crippen LogP contribution in [-0.2, 0) is 44.7 Å². The van der Waals surface area contributed by atoms with Gasteiger partial charge < -0.3 is 28.4 Å². The van der Waals surface area contributed by atoms with E-state index >= 15 is 0 Å². The molecular formula is C25H25NO13. The molecule has 0 aliphatic heterocycles. The van der Waals surface area contributed by atoms with Crippen LogP contribution in [0, 0.1) is 10.1 Å². The van der Waals surface area contributed by atoms with Crippen LogP contribution in [0.15, 0.2) is 48.5 Å². The quantitative estimate of drug-likeness (QED) is 0.0891. The number of nitro benzene ring substituents is 1. The van der Waals surface area contributed by atoms with Crippen molar-refractivity contribution in [1.82, 2.24) is 0 Å². The van der Waals surface area contributed by atoms with Gasteiger partial charge in [0.25, 0.3) is 5.69 Å². The van der Waals surface area contributed by atoms with Gasteiger partial charge in [-0.05, 0) is 29.8 Å². The number of nitro groups is 1. The van der Waals surface area contributed by atoms with Gasteiger partial charge in [0, 0.05) is 26.0 Å². The Kier molecular flexibility index (Phi) is 11.8. The fourth-order valence-electron chi connectivity index (χ4n) is 2.73. The second kappa shape index (κ2) is 15.3. The van der Waals surface area contributed by atoms with Crippen molar-refractivity contribution >= 4 is 35.7 Å². The number of rotatable bonds is 13. The second-order valence-electron chi connectivity index (χ2n) is 7.73. The van der Waals surface area contributed by atoms with Crippen LogP contribution in [0.2, 0.25) is 0 Å². The van der Waals surface area contributed by atoms with Gasteiger partial charge in [-0.3, -0.25) is 29.3 Å². The summed E-state index contributed by atoms with van der Waals surface area (Å²) in [5, 5.41) is 10.6. The van der Waals surface area contributed by atoms with Crippen molar-refractivity contribution in [1.29, 1.82) is 0 Å². The first-order valence-electron chi connectivity index (χ1n) is 11.4. The van der Waals surface area contributed by atoms with Gasteiger partial charge in [0.15, 0.2) is 6.10 Å².